The molecule has 1 aromatic carbocycles. The van der Waals surface area contributed by atoms with Crippen LogP contribution in [0.3, 0.4) is 0 Å². The Labute approximate surface area is 130 Å². The van der Waals surface area contributed by atoms with Crippen LogP contribution in [0.5, 0.6) is 0 Å². The van der Waals surface area contributed by atoms with E-state index >= 15 is 0 Å². The molecule has 1 heterocycles. The topological polar surface area (TPSA) is 41.4 Å². The van der Waals surface area contributed by atoms with Crippen molar-refractivity contribution in [1.29, 1.82) is 0 Å². The molecule has 2 aromatic rings. The normalized spacial score (nSPS) is 10.8. The standard InChI is InChI=1S/C16H20N4S/c1-4-17-16(21)19-18-11-14-8-6-10-20(14)15-9-5-7-12(2)13(15)3/h5-11H,4H2,1-3H3,(H2,17,19,21)/b18-11-. The first kappa shape index (κ1) is 15.3. The van der Waals surface area contributed by atoms with E-state index in [0.717, 1.165) is 17.9 Å². The Morgan fingerprint density at radius 1 is 1.29 bits per heavy atom. The third-order valence-electron chi connectivity index (χ3n) is 3.32. The number of aryl methyl sites for hydroxylation is 1. The van der Waals surface area contributed by atoms with E-state index in [1.807, 2.05) is 25.3 Å². The fourth-order valence-electron chi connectivity index (χ4n) is 2.07. The monoisotopic (exact) mass is 300 g/mol. The molecular formula is C16H20N4S. The Morgan fingerprint density at radius 3 is 2.86 bits per heavy atom. The van der Waals surface area contributed by atoms with Gasteiger partial charge in [-0.2, -0.15) is 5.10 Å². The van der Waals surface area contributed by atoms with Gasteiger partial charge in [0.05, 0.1) is 11.9 Å². The molecule has 0 bridgehead atoms. The highest BCUT2D eigenvalue weighted by molar-refractivity contribution is 7.80. The minimum Gasteiger partial charge on any atom is -0.362 e. The maximum Gasteiger partial charge on any atom is 0.186 e. The predicted octanol–water partition coefficient (Wildman–Crippen LogP) is 2.91. The second-order valence-electron chi connectivity index (χ2n) is 4.75. The zero-order valence-corrected chi connectivity index (χ0v) is 13.4. The molecule has 0 saturated heterocycles. The number of hydrazone groups is 1. The number of rotatable bonds is 4. The van der Waals surface area contributed by atoms with E-state index in [9.17, 15) is 0 Å². The molecule has 0 saturated carbocycles. The van der Waals surface area contributed by atoms with E-state index in [1.54, 1.807) is 6.21 Å². The van der Waals surface area contributed by atoms with Gasteiger partial charge in [-0.25, -0.2) is 0 Å². The van der Waals surface area contributed by atoms with Gasteiger partial charge in [0.15, 0.2) is 5.11 Å². The fourth-order valence-corrected chi connectivity index (χ4v) is 2.27. The summed E-state index contributed by atoms with van der Waals surface area (Å²) < 4.78 is 2.11. The number of aromatic nitrogens is 1. The summed E-state index contributed by atoms with van der Waals surface area (Å²) in [7, 11) is 0. The van der Waals surface area contributed by atoms with Crippen molar-refractivity contribution in [1.82, 2.24) is 15.3 Å². The summed E-state index contributed by atoms with van der Waals surface area (Å²) in [6.45, 7) is 7.01. The summed E-state index contributed by atoms with van der Waals surface area (Å²) in [4.78, 5) is 0. The van der Waals surface area contributed by atoms with Crippen LogP contribution in [0.1, 0.15) is 23.7 Å². The van der Waals surface area contributed by atoms with Crippen LogP contribution in [0.25, 0.3) is 5.69 Å². The summed E-state index contributed by atoms with van der Waals surface area (Å²) in [6.07, 6.45) is 3.80. The van der Waals surface area contributed by atoms with Gasteiger partial charge in [-0.05, 0) is 62.3 Å². The van der Waals surface area contributed by atoms with Crippen LogP contribution in [-0.4, -0.2) is 22.4 Å². The molecule has 5 heteroatoms. The molecule has 0 spiro atoms. The Morgan fingerprint density at radius 2 is 2.10 bits per heavy atom. The molecule has 0 aliphatic carbocycles. The molecule has 21 heavy (non-hydrogen) atoms. The Bertz CT molecular complexity index is 658. The van der Waals surface area contributed by atoms with E-state index in [4.69, 9.17) is 12.2 Å². The Balaban J connectivity index is 2.21. The van der Waals surface area contributed by atoms with Crippen LogP contribution in [0.2, 0.25) is 0 Å². The van der Waals surface area contributed by atoms with Gasteiger partial charge in [-0.15, -0.1) is 0 Å². The number of nitrogens with one attached hydrogen (secondary N) is 2. The Kier molecular flexibility index (Phi) is 5.11. The molecule has 2 rings (SSSR count). The predicted molar refractivity (Wildman–Crippen MR) is 92.2 cm³/mol. The minimum atomic E-state index is 0.526. The van der Waals surface area contributed by atoms with Crippen molar-refractivity contribution in [2.75, 3.05) is 6.54 Å². The van der Waals surface area contributed by atoms with Crippen LogP contribution >= 0.6 is 12.2 Å². The van der Waals surface area contributed by atoms with Gasteiger partial charge in [-0.3, -0.25) is 5.43 Å². The van der Waals surface area contributed by atoms with E-state index in [2.05, 4.69) is 52.5 Å². The molecule has 110 valence electrons. The minimum absolute atomic E-state index is 0.526. The van der Waals surface area contributed by atoms with Gasteiger partial charge in [0.25, 0.3) is 0 Å². The second-order valence-corrected chi connectivity index (χ2v) is 5.16. The molecule has 0 radical (unpaired) electrons. The summed E-state index contributed by atoms with van der Waals surface area (Å²) in [5, 5.41) is 7.69. The average Bonchev–Trinajstić information content (AvgIpc) is 2.90. The van der Waals surface area contributed by atoms with Gasteiger partial charge in [0, 0.05) is 18.4 Å². The van der Waals surface area contributed by atoms with Crippen molar-refractivity contribution in [3.8, 4) is 5.69 Å². The maximum atomic E-state index is 5.07. The van der Waals surface area contributed by atoms with Gasteiger partial charge >= 0.3 is 0 Å². The summed E-state index contributed by atoms with van der Waals surface area (Å²) >= 11 is 5.07. The lowest BCUT2D eigenvalue weighted by molar-refractivity contribution is 0.902. The SMILES string of the molecule is CCNC(=S)N/N=C\c1cccn1-c1cccc(C)c1C. The van der Waals surface area contributed by atoms with E-state index in [-0.39, 0.29) is 0 Å². The molecule has 0 fully saturated rings. The fraction of sp³-hybridized carbons (Fsp3) is 0.250. The number of benzene rings is 1. The number of hydrogen-bond donors (Lipinski definition) is 2. The molecule has 0 amide bonds. The second kappa shape index (κ2) is 7.04. The molecular weight excluding hydrogens is 280 g/mol. The number of thiocarbonyl (C=S) groups is 1. The molecule has 0 aliphatic heterocycles. The molecule has 0 aliphatic rings. The van der Waals surface area contributed by atoms with Crippen molar-refractivity contribution in [2.45, 2.75) is 20.8 Å². The number of nitrogens with zero attached hydrogens (tertiary/aromatic N) is 2. The summed E-state index contributed by atoms with van der Waals surface area (Å²) in [5.41, 5.74) is 7.50. The third-order valence-corrected chi connectivity index (χ3v) is 3.55. The maximum absolute atomic E-state index is 5.07. The first-order chi connectivity index (χ1) is 10.1. The molecule has 1 aromatic heterocycles. The zero-order chi connectivity index (χ0) is 15.2. The first-order valence-corrected chi connectivity index (χ1v) is 7.35. The Hall–Kier alpha value is -2.14. The lowest BCUT2D eigenvalue weighted by Crippen LogP contribution is -2.31. The van der Waals surface area contributed by atoms with Gasteiger partial charge in [0.2, 0.25) is 0 Å². The lowest BCUT2D eigenvalue weighted by Gasteiger charge is -2.12. The summed E-state index contributed by atoms with van der Waals surface area (Å²) in [6, 6.07) is 10.3. The van der Waals surface area contributed by atoms with E-state index in [1.165, 1.54) is 11.1 Å². The molecule has 0 unspecified atom stereocenters. The average molecular weight is 300 g/mol. The third kappa shape index (κ3) is 3.70. The van der Waals surface area contributed by atoms with Crippen molar-refractivity contribution >= 4 is 23.5 Å². The number of hydrogen-bond acceptors (Lipinski definition) is 2. The molecule has 4 nitrogen and oxygen atoms in total. The summed E-state index contributed by atoms with van der Waals surface area (Å²) in [5.74, 6) is 0. The van der Waals surface area contributed by atoms with Crippen molar-refractivity contribution in [3.05, 3.63) is 53.3 Å². The quantitative estimate of drug-likeness (QED) is 0.518. The van der Waals surface area contributed by atoms with Crippen molar-refractivity contribution < 1.29 is 0 Å². The smallest absolute Gasteiger partial charge is 0.186 e. The van der Waals surface area contributed by atoms with Gasteiger partial charge in [0.1, 0.15) is 0 Å². The van der Waals surface area contributed by atoms with Crippen molar-refractivity contribution in [3.63, 3.8) is 0 Å². The van der Waals surface area contributed by atoms with E-state index < -0.39 is 0 Å². The highest BCUT2D eigenvalue weighted by Gasteiger charge is 2.05. The lowest BCUT2D eigenvalue weighted by atomic mass is 10.1. The highest BCUT2D eigenvalue weighted by Crippen LogP contribution is 2.19. The van der Waals surface area contributed by atoms with Crippen molar-refractivity contribution in [2.24, 2.45) is 5.10 Å². The van der Waals surface area contributed by atoms with Crippen LogP contribution in [0, 0.1) is 13.8 Å². The van der Waals surface area contributed by atoms with Crippen LogP contribution in [0.15, 0.2) is 41.6 Å². The van der Waals surface area contributed by atoms with Gasteiger partial charge in [-0.1, -0.05) is 12.1 Å². The van der Waals surface area contributed by atoms with Crippen LogP contribution in [0.4, 0.5) is 0 Å². The van der Waals surface area contributed by atoms with Crippen LogP contribution in [-0.2, 0) is 0 Å². The van der Waals surface area contributed by atoms with Gasteiger partial charge < -0.3 is 9.88 Å². The first-order valence-electron chi connectivity index (χ1n) is 6.94. The van der Waals surface area contributed by atoms with Crippen LogP contribution < -0.4 is 10.7 Å². The highest BCUT2D eigenvalue weighted by atomic mass is 32.1. The largest absolute Gasteiger partial charge is 0.362 e. The van der Waals surface area contributed by atoms with E-state index in [0.29, 0.717) is 5.11 Å². The zero-order valence-electron chi connectivity index (χ0n) is 12.6. The molecule has 0 atom stereocenters. The molecule has 2 N–H and O–H groups in total.